The van der Waals surface area contributed by atoms with Crippen LogP contribution in [0.5, 0.6) is 0 Å². The van der Waals surface area contributed by atoms with Gasteiger partial charge in [0, 0.05) is 6.61 Å². The monoisotopic (exact) mass is 326 g/mol. The third-order valence-electron chi connectivity index (χ3n) is 6.85. The van der Waals surface area contributed by atoms with Crippen molar-refractivity contribution in [1.29, 1.82) is 0 Å². The minimum absolute atomic E-state index is 0.735. The molecule has 0 bridgehead atoms. The van der Waals surface area contributed by atoms with Gasteiger partial charge >= 0.3 is 0 Å². The van der Waals surface area contributed by atoms with Crippen molar-refractivity contribution in [1.82, 2.24) is 0 Å². The molecule has 0 saturated heterocycles. The molecule has 4 rings (SSSR count). The van der Waals surface area contributed by atoms with Gasteiger partial charge in [-0.2, -0.15) is 0 Å². The van der Waals surface area contributed by atoms with Gasteiger partial charge in [0.05, 0.1) is 0 Å². The minimum atomic E-state index is -1.63. The first-order valence-corrected chi connectivity index (χ1v) is 12.5. The SMILES string of the molecule is C[Si](C)(OCC1CCC2C=CC=CC21)C1CCC2C=CC=CC21. The van der Waals surface area contributed by atoms with Gasteiger partial charge in [-0.15, -0.1) is 0 Å². The second-order valence-corrected chi connectivity index (χ2v) is 12.7. The van der Waals surface area contributed by atoms with Crippen LogP contribution in [0.15, 0.2) is 48.6 Å². The minimum Gasteiger partial charge on any atom is -0.417 e. The van der Waals surface area contributed by atoms with Gasteiger partial charge in [-0.3, -0.25) is 0 Å². The van der Waals surface area contributed by atoms with E-state index >= 15 is 0 Å². The van der Waals surface area contributed by atoms with Crippen molar-refractivity contribution in [3.63, 3.8) is 0 Å². The normalized spacial score (nSPS) is 41.3. The van der Waals surface area contributed by atoms with Crippen molar-refractivity contribution in [2.45, 2.75) is 44.3 Å². The van der Waals surface area contributed by atoms with Gasteiger partial charge in [0.15, 0.2) is 8.32 Å². The Morgan fingerprint density at radius 1 is 0.783 bits per heavy atom. The third-order valence-corrected chi connectivity index (χ3v) is 10.2. The highest BCUT2D eigenvalue weighted by molar-refractivity contribution is 6.72. The van der Waals surface area contributed by atoms with E-state index in [1.807, 2.05) is 0 Å². The lowest BCUT2D eigenvalue weighted by molar-refractivity contribution is 0.210. The Bertz CT molecular complexity index is 556. The fourth-order valence-electron chi connectivity index (χ4n) is 5.46. The Morgan fingerprint density at radius 3 is 2.17 bits per heavy atom. The van der Waals surface area contributed by atoms with Crippen molar-refractivity contribution in [2.75, 3.05) is 6.61 Å². The Balaban J connectivity index is 1.38. The second kappa shape index (κ2) is 6.21. The first-order valence-electron chi connectivity index (χ1n) is 9.49. The third kappa shape index (κ3) is 2.96. The smallest absolute Gasteiger partial charge is 0.190 e. The average molecular weight is 327 g/mol. The fraction of sp³-hybridized carbons (Fsp3) is 0.619. The highest BCUT2D eigenvalue weighted by Crippen LogP contribution is 2.50. The molecule has 2 heteroatoms. The Hall–Kier alpha value is -0.863. The summed E-state index contributed by atoms with van der Waals surface area (Å²) in [5.41, 5.74) is 0.799. The van der Waals surface area contributed by atoms with Crippen molar-refractivity contribution >= 4 is 8.32 Å². The molecular weight excluding hydrogens is 296 g/mol. The van der Waals surface area contributed by atoms with Crippen LogP contribution in [0.4, 0.5) is 0 Å². The second-order valence-electron chi connectivity index (χ2n) is 8.46. The zero-order valence-electron chi connectivity index (χ0n) is 14.5. The lowest BCUT2D eigenvalue weighted by Gasteiger charge is -2.35. The van der Waals surface area contributed by atoms with E-state index in [9.17, 15) is 0 Å². The summed E-state index contributed by atoms with van der Waals surface area (Å²) in [6.07, 6.45) is 24.1. The van der Waals surface area contributed by atoms with Gasteiger partial charge in [0.2, 0.25) is 0 Å². The Morgan fingerprint density at radius 2 is 1.39 bits per heavy atom. The molecule has 0 spiro atoms. The molecule has 6 unspecified atom stereocenters. The lowest BCUT2D eigenvalue weighted by Crippen LogP contribution is -2.40. The van der Waals surface area contributed by atoms with Crippen molar-refractivity contribution in [3.8, 4) is 0 Å². The quantitative estimate of drug-likeness (QED) is 0.620. The van der Waals surface area contributed by atoms with Crippen molar-refractivity contribution in [3.05, 3.63) is 48.6 Å². The zero-order chi connectivity index (χ0) is 15.9. The first-order chi connectivity index (χ1) is 11.1. The molecule has 0 aliphatic heterocycles. The maximum atomic E-state index is 6.72. The molecular formula is C21H30OSi. The molecule has 0 aromatic rings. The van der Waals surface area contributed by atoms with E-state index < -0.39 is 8.32 Å². The predicted molar refractivity (Wildman–Crippen MR) is 99.7 cm³/mol. The van der Waals surface area contributed by atoms with E-state index in [2.05, 4.69) is 61.7 Å². The molecule has 4 aliphatic carbocycles. The number of fused-ring (bicyclic) bond motifs is 2. The summed E-state index contributed by atoms with van der Waals surface area (Å²) in [7, 11) is -1.63. The van der Waals surface area contributed by atoms with Crippen LogP contribution in [0, 0.1) is 29.6 Å². The van der Waals surface area contributed by atoms with Crippen LogP contribution in [-0.4, -0.2) is 14.9 Å². The topological polar surface area (TPSA) is 9.23 Å². The summed E-state index contributed by atoms with van der Waals surface area (Å²) in [6.45, 7) is 5.93. The molecule has 0 aromatic carbocycles. The van der Waals surface area contributed by atoms with E-state index in [0.717, 1.165) is 41.7 Å². The van der Waals surface area contributed by atoms with Gasteiger partial charge in [-0.05, 0) is 73.9 Å². The van der Waals surface area contributed by atoms with E-state index in [1.54, 1.807) is 0 Å². The maximum absolute atomic E-state index is 6.72. The van der Waals surface area contributed by atoms with Crippen LogP contribution >= 0.6 is 0 Å². The summed E-state index contributed by atoms with van der Waals surface area (Å²) in [6, 6.07) is 0. The fourth-order valence-corrected chi connectivity index (χ4v) is 8.46. The van der Waals surface area contributed by atoms with Crippen LogP contribution in [0.3, 0.4) is 0 Å². The molecule has 2 fully saturated rings. The summed E-state index contributed by atoms with van der Waals surface area (Å²) >= 11 is 0. The standard InChI is InChI=1S/C21H30OSi/c1-23(2,21-14-13-17-8-4-6-10-20(17)21)22-15-18-12-11-16-7-3-5-9-19(16)18/h3-10,16-21H,11-15H2,1-2H3. The molecule has 0 radical (unpaired) electrons. The lowest BCUT2D eigenvalue weighted by atomic mass is 9.87. The molecule has 4 aliphatic rings. The van der Waals surface area contributed by atoms with Gasteiger partial charge in [0.25, 0.3) is 0 Å². The average Bonchev–Trinajstić information content (AvgIpc) is 3.17. The van der Waals surface area contributed by atoms with Gasteiger partial charge in [0.1, 0.15) is 0 Å². The number of hydrogen-bond acceptors (Lipinski definition) is 1. The molecule has 0 amide bonds. The van der Waals surface area contributed by atoms with Crippen LogP contribution in [0.2, 0.25) is 18.6 Å². The van der Waals surface area contributed by atoms with E-state index in [0.29, 0.717) is 0 Å². The van der Waals surface area contributed by atoms with Gasteiger partial charge in [-0.25, -0.2) is 0 Å². The van der Waals surface area contributed by atoms with Crippen LogP contribution in [-0.2, 0) is 4.43 Å². The van der Waals surface area contributed by atoms with Crippen LogP contribution in [0.25, 0.3) is 0 Å². The highest BCUT2D eigenvalue weighted by Gasteiger charge is 2.46. The molecule has 6 atom stereocenters. The maximum Gasteiger partial charge on any atom is 0.190 e. The molecule has 124 valence electrons. The molecule has 1 nitrogen and oxygen atoms in total. The summed E-state index contributed by atoms with van der Waals surface area (Å²) in [5, 5.41) is 0. The van der Waals surface area contributed by atoms with Gasteiger partial charge < -0.3 is 4.43 Å². The van der Waals surface area contributed by atoms with E-state index in [-0.39, 0.29) is 0 Å². The van der Waals surface area contributed by atoms with Crippen LogP contribution in [0.1, 0.15) is 25.7 Å². The van der Waals surface area contributed by atoms with Crippen LogP contribution < -0.4 is 0 Å². The molecule has 23 heavy (non-hydrogen) atoms. The highest BCUT2D eigenvalue weighted by atomic mass is 28.4. The Labute approximate surface area is 142 Å². The van der Waals surface area contributed by atoms with Gasteiger partial charge in [-0.1, -0.05) is 48.6 Å². The summed E-state index contributed by atoms with van der Waals surface area (Å²) < 4.78 is 6.72. The summed E-state index contributed by atoms with van der Waals surface area (Å²) in [4.78, 5) is 0. The molecule has 2 saturated carbocycles. The van der Waals surface area contributed by atoms with E-state index in [4.69, 9.17) is 4.43 Å². The van der Waals surface area contributed by atoms with E-state index in [1.165, 1.54) is 25.7 Å². The molecule has 0 N–H and O–H groups in total. The number of hydrogen-bond donors (Lipinski definition) is 0. The van der Waals surface area contributed by atoms with Crippen molar-refractivity contribution < 1.29 is 4.43 Å². The first kappa shape index (κ1) is 15.7. The number of rotatable bonds is 4. The zero-order valence-corrected chi connectivity index (χ0v) is 15.5. The molecule has 0 heterocycles. The Kier molecular flexibility index (Phi) is 4.23. The largest absolute Gasteiger partial charge is 0.417 e. The van der Waals surface area contributed by atoms with Crippen molar-refractivity contribution in [2.24, 2.45) is 29.6 Å². The molecule has 0 aromatic heterocycles. The predicted octanol–water partition coefficient (Wildman–Crippen LogP) is 5.50. The summed E-state index contributed by atoms with van der Waals surface area (Å²) in [5.74, 6) is 3.78. The number of allylic oxidation sites excluding steroid dienone is 8.